The first-order chi connectivity index (χ1) is 8.70. The van der Waals surface area contributed by atoms with Crippen LogP contribution in [0.3, 0.4) is 0 Å². The second kappa shape index (κ2) is 5.39. The van der Waals surface area contributed by atoms with Gasteiger partial charge in [-0.2, -0.15) is 5.10 Å². The summed E-state index contributed by atoms with van der Waals surface area (Å²) in [5.41, 5.74) is 6.40. The molecule has 0 radical (unpaired) electrons. The summed E-state index contributed by atoms with van der Waals surface area (Å²) >= 11 is 0. The lowest BCUT2D eigenvalue weighted by Crippen LogP contribution is -2.24. The number of carbonyl (C=O) groups is 1. The van der Waals surface area contributed by atoms with Crippen LogP contribution in [-0.2, 0) is 13.1 Å². The number of aryl methyl sites for hydroxylation is 1. The van der Waals surface area contributed by atoms with Gasteiger partial charge < -0.3 is 15.5 Å². The van der Waals surface area contributed by atoms with Crippen molar-refractivity contribution in [2.75, 3.05) is 5.73 Å². The Morgan fingerprint density at radius 3 is 3.11 bits per heavy atom. The highest BCUT2D eigenvalue weighted by Gasteiger charge is 2.14. The monoisotopic (exact) mass is 248 g/mol. The van der Waals surface area contributed by atoms with Gasteiger partial charge in [-0.25, -0.2) is 0 Å². The fraction of sp³-hybridized carbons (Fsp3) is 0.333. The third-order valence-corrected chi connectivity index (χ3v) is 2.46. The van der Waals surface area contributed by atoms with E-state index in [1.54, 1.807) is 29.3 Å². The largest absolute Gasteiger partial charge is 0.467 e. The highest BCUT2D eigenvalue weighted by atomic mass is 16.3. The molecule has 2 aromatic rings. The molecule has 0 aliphatic heterocycles. The molecule has 2 heterocycles. The summed E-state index contributed by atoms with van der Waals surface area (Å²) in [7, 11) is 0. The van der Waals surface area contributed by atoms with Crippen LogP contribution in [0.2, 0.25) is 0 Å². The van der Waals surface area contributed by atoms with E-state index in [0.717, 1.165) is 13.0 Å². The van der Waals surface area contributed by atoms with Crippen molar-refractivity contribution in [1.82, 2.24) is 15.1 Å². The number of furan rings is 1. The predicted octanol–water partition coefficient (Wildman–Crippen LogP) is 1.40. The van der Waals surface area contributed by atoms with Gasteiger partial charge in [-0.3, -0.25) is 9.48 Å². The van der Waals surface area contributed by atoms with Crippen LogP contribution in [0.15, 0.2) is 29.0 Å². The molecule has 2 aromatic heterocycles. The molecule has 0 spiro atoms. The van der Waals surface area contributed by atoms with E-state index in [0.29, 0.717) is 18.0 Å². The number of hydrogen-bond donors (Lipinski definition) is 2. The lowest BCUT2D eigenvalue weighted by molar-refractivity contribution is 0.0943. The number of nitrogens with one attached hydrogen (secondary N) is 1. The summed E-state index contributed by atoms with van der Waals surface area (Å²) in [6, 6.07) is 3.56. The molecule has 96 valence electrons. The van der Waals surface area contributed by atoms with E-state index in [-0.39, 0.29) is 11.6 Å². The van der Waals surface area contributed by atoms with Gasteiger partial charge >= 0.3 is 0 Å². The molecule has 0 saturated heterocycles. The molecule has 0 bridgehead atoms. The second-order valence-corrected chi connectivity index (χ2v) is 3.96. The number of nitrogens with two attached hydrogens (primary N) is 1. The number of nitrogen functional groups attached to an aromatic ring is 1. The summed E-state index contributed by atoms with van der Waals surface area (Å²) in [6.45, 7) is 3.11. The van der Waals surface area contributed by atoms with Crippen LogP contribution >= 0.6 is 0 Å². The molecule has 18 heavy (non-hydrogen) atoms. The first-order valence-corrected chi connectivity index (χ1v) is 5.84. The maximum atomic E-state index is 11.9. The summed E-state index contributed by atoms with van der Waals surface area (Å²) in [5, 5.41) is 6.86. The molecular weight excluding hydrogens is 232 g/mol. The van der Waals surface area contributed by atoms with Crippen LogP contribution < -0.4 is 11.1 Å². The molecule has 0 atom stereocenters. The molecule has 6 heteroatoms. The van der Waals surface area contributed by atoms with Crippen molar-refractivity contribution in [2.45, 2.75) is 26.4 Å². The normalized spacial score (nSPS) is 10.5. The van der Waals surface area contributed by atoms with E-state index < -0.39 is 0 Å². The maximum Gasteiger partial charge on any atom is 0.274 e. The van der Waals surface area contributed by atoms with Crippen LogP contribution in [0.4, 0.5) is 5.69 Å². The Balaban J connectivity index is 2.00. The van der Waals surface area contributed by atoms with E-state index in [2.05, 4.69) is 10.4 Å². The third kappa shape index (κ3) is 2.71. The van der Waals surface area contributed by atoms with Crippen molar-refractivity contribution in [3.05, 3.63) is 36.0 Å². The van der Waals surface area contributed by atoms with Crippen LogP contribution in [0.1, 0.15) is 29.6 Å². The number of nitrogens with zero attached hydrogens (tertiary/aromatic N) is 2. The van der Waals surface area contributed by atoms with Gasteiger partial charge in [-0.05, 0) is 18.6 Å². The molecule has 0 aliphatic rings. The van der Waals surface area contributed by atoms with Crippen molar-refractivity contribution in [2.24, 2.45) is 0 Å². The number of amides is 1. The predicted molar refractivity (Wildman–Crippen MR) is 66.8 cm³/mol. The maximum absolute atomic E-state index is 11.9. The molecule has 1 amide bonds. The van der Waals surface area contributed by atoms with E-state index in [1.165, 1.54) is 0 Å². The van der Waals surface area contributed by atoms with Crippen LogP contribution in [0.25, 0.3) is 0 Å². The average molecular weight is 248 g/mol. The Morgan fingerprint density at radius 1 is 1.61 bits per heavy atom. The van der Waals surface area contributed by atoms with Crippen LogP contribution in [0, 0.1) is 0 Å². The first kappa shape index (κ1) is 12.2. The second-order valence-electron chi connectivity index (χ2n) is 3.96. The zero-order chi connectivity index (χ0) is 13.0. The minimum absolute atomic E-state index is 0.259. The number of carbonyl (C=O) groups excluding carboxylic acids is 1. The number of aromatic nitrogens is 2. The summed E-state index contributed by atoms with van der Waals surface area (Å²) in [4.78, 5) is 11.9. The van der Waals surface area contributed by atoms with Crippen LogP contribution in [0.5, 0.6) is 0 Å². The molecule has 0 unspecified atom stereocenters. The third-order valence-electron chi connectivity index (χ3n) is 2.46. The Labute approximate surface area is 105 Å². The van der Waals surface area contributed by atoms with Gasteiger partial charge in [0.05, 0.1) is 18.5 Å². The Kier molecular flexibility index (Phi) is 3.66. The molecule has 6 nitrogen and oxygen atoms in total. The molecular formula is C12H16N4O2. The van der Waals surface area contributed by atoms with Gasteiger partial charge in [-0.1, -0.05) is 6.92 Å². The van der Waals surface area contributed by atoms with Gasteiger partial charge in [0, 0.05) is 12.7 Å². The number of rotatable bonds is 5. The van der Waals surface area contributed by atoms with E-state index in [4.69, 9.17) is 10.2 Å². The zero-order valence-corrected chi connectivity index (χ0v) is 10.2. The Hall–Kier alpha value is -2.24. The fourth-order valence-corrected chi connectivity index (χ4v) is 1.62. The number of hydrogen-bond acceptors (Lipinski definition) is 4. The number of anilines is 1. The smallest absolute Gasteiger partial charge is 0.274 e. The topological polar surface area (TPSA) is 86.1 Å². The standard InChI is InChI=1S/C12H16N4O2/c1-2-5-16-8-10(13)11(15-16)12(17)14-7-9-4-3-6-18-9/h3-4,6,8H,2,5,7,13H2,1H3,(H,14,17). The quantitative estimate of drug-likeness (QED) is 0.837. The summed E-state index contributed by atoms with van der Waals surface area (Å²) in [6.07, 6.45) is 4.17. The lowest BCUT2D eigenvalue weighted by Gasteiger charge is -2.01. The Morgan fingerprint density at radius 2 is 2.44 bits per heavy atom. The average Bonchev–Trinajstić information content (AvgIpc) is 2.96. The Bertz CT molecular complexity index is 516. The minimum atomic E-state index is -0.293. The van der Waals surface area contributed by atoms with Crippen LogP contribution in [-0.4, -0.2) is 15.7 Å². The van der Waals surface area contributed by atoms with Gasteiger partial charge in [-0.15, -0.1) is 0 Å². The highest BCUT2D eigenvalue weighted by molar-refractivity contribution is 5.96. The molecule has 0 fully saturated rings. The van der Waals surface area contributed by atoms with Crippen molar-refractivity contribution >= 4 is 11.6 Å². The van der Waals surface area contributed by atoms with Crippen molar-refractivity contribution in [3.63, 3.8) is 0 Å². The molecule has 3 N–H and O–H groups in total. The molecule has 2 rings (SSSR count). The lowest BCUT2D eigenvalue weighted by atomic mass is 10.3. The summed E-state index contributed by atoms with van der Waals surface area (Å²) in [5.74, 6) is 0.397. The van der Waals surface area contributed by atoms with Gasteiger partial charge in [0.15, 0.2) is 5.69 Å². The minimum Gasteiger partial charge on any atom is -0.467 e. The van der Waals surface area contributed by atoms with Gasteiger partial charge in [0.2, 0.25) is 0 Å². The van der Waals surface area contributed by atoms with E-state index >= 15 is 0 Å². The molecule has 0 saturated carbocycles. The van der Waals surface area contributed by atoms with Gasteiger partial charge in [0.25, 0.3) is 5.91 Å². The highest BCUT2D eigenvalue weighted by Crippen LogP contribution is 2.09. The van der Waals surface area contributed by atoms with E-state index in [9.17, 15) is 4.79 Å². The first-order valence-electron chi connectivity index (χ1n) is 5.84. The fourth-order valence-electron chi connectivity index (χ4n) is 1.62. The van der Waals surface area contributed by atoms with E-state index in [1.807, 2.05) is 6.92 Å². The van der Waals surface area contributed by atoms with Crippen molar-refractivity contribution in [1.29, 1.82) is 0 Å². The van der Waals surface area contributed by atoms with Crippen molar-refractivity contribution < 1.29 is 9.21 Å². The molecule has 0 aliphatic carbocycles. The van der Waals surface area contributed by atoms with Crippen molar-refractivity contribution in [3.8, 4) is 0 Å². The molecule has 0 aromatic carbocycles. The van der Waals surface area contributed by atoms with Gasteiger partial charge in [0.1, 0.15) is 5.76 Å². The zero-order valence-electron chi connectivity index (χ0n) is 10.2. The SMILES string of the molecule is CCCn1cc(N)c(C(=O)NCc2ccco2)n1. The summed E-state index contributed by atoms with van der Waals surface area (Å²) < 4.78 is 6.80.